The third-order valence-electron chi connectivity index (χ3n) is 6.48. The minimum absolute atomic E-state index is 0.0318. The molecule has 0 aliphatic carbocycles. The fraction of sp³-hybridized carbons (Fsp3) is 0.192. The first-order valence-corrected chi connectivity index (χ1v) is 10.0. The van der Waals surface area contributed by atoms with Crippen molar-refractivity contribution >= 4 is 17.5 Å². The van der Waals surface area contributed by atoms with Gasteiger partial charge in [0.15, 0.2) is 17.3 Å². The molecule has 0 bridgehead atoms. The van der Waals surface area contributed by atoms with Crippen molar-refractivity contribution in [3.63, 3.8) is 0 Å². The Kier molecular flexibility index (Phi) is 3.84. The molecule has 0 radical (unpaired) electrons. The van der Waals surface area contributed by atoms with E-state index in [2.05, 4.69) is 30.9 Å². The van der Waals surface area contributed by atoms with Gasteiger partial charge in [0.25, 0.3) is 0 Å². The van der Waals surface area contributed by atoms with Gasteiger partial charge in [-0.3, -0.25) is 4.79 Å². The van der Waals surface area contributed by atoms with Gasteiger partial charge in [0.05, 0.1) is 5.41 Å². The summed E-state index contributed by atoms with van der Waals surface area (Å²) in [6, 6.07) is 20.6. The van der Waals surface area contributed by atoms with E-state index in [4.69, 9.17) is 4.74 Å². The lowest BCUT2D eigenvalue weighted by Crippen LogP contribution is -2.58. The average Bonchev–Trinajstić information content (AvgIpc) is 2.93. The Bertz CT molecular complexity index is 1200. The number of benzene rings is 3. The number of para-hydroxylation sites is 1. The fourth-order valence-corrected chi connectivity index (χ4v) is 4.75. The molecule has 0 saturated carbocycles. The number of nitrogens with zero attached hydrogens (tertiary/aromatic N) is 1. The maximum Gasteiger partial charge on any atom is 0.212 e. The van der Waals surface area contributed by atoms with Gasteiger partial charge >= 0.3 is 0 Å². The van der Waals surface area contributed by atoms with E-state index < -0.39 is 5.72 Å². The third-order valence-corrected chi connectivity index (χ3v) is 6.48. The molecule has 4 nitrogen and oxygen atoms in total. The van der Waals surface area contributed by atoms with Crippen LogP contribution in [0.25, 0.3) is 6.08 Å². The van der Waals surface area contributed by atoms with Crippen LogP contribution in [-0.2, 0) is 5.41 Å². The number of phenolic OH excluding ortho intramolecular Hbond substituents is 1. The van der Waals surface area contributed by atoms with Gasteiger partial charge in [-0.1, -0.05) is 48.5 Å². The number of phenols is 1. The van der Waals surface area contributed by atoms with Crippen LogP contribution in [0.3, 0.4) is 0 Å². The number of ketones is 1. The zero-order valence-corrected chi connectivity index (χ0v) is 17.2. The molecule has 1 unspecified atom stereocenters. The van der Waals surface area contributed by atoms with Crippen LogP contribution in [0, 0.1) is 0 Å². The monoisotopic (exact) mass is 397 g/mol. The van der Waals surface area contributed by atoms with Crippen molar-refractivity contribution in [1.29, 1.82) is 0 Å². The van der Waals surface area contributed by atoms with Gasteiger partial charge in [0, 0.05) is 29.4 Å². The summed E-state index contributed by atoms with van der Waals surface area (Å²) in [7, 11) is 2.01. The molecule has 1 N–H and O–H groups in total. The number of fused-ring (bicyclic) bond motifs is 2. The largest absolute Gasteiger partial charge is 0.504 e. The number of hydrogen-bond donors (Lipinski definition) is 1. The van der Waals surface area contributed by atoms with Crippen molar-refractivity contribution in [2.45, 2.75) is 25.0 Å². The van der Waals surface area contributed by atoms with Crippen molar-refractivity contribution in [2.24, 2.45) is 0 Å². The second kappa shape index (κ2) is 6.23. The molecule has 0 amide bonds. The lowest BCUT2D eigenvalue weighted by molar-refractivity contribution is 0.0552. The molecular weight excluding hydrogens is 374 g/mol. The molecule has 3 aromatic carbocycles. The number of anilines is 1. The van der Waals surface area contributed by atoms with E-state index in [1.165, 1.54) is 11.6 Å². The van der Waals surface area contributed by atoms with Gasteiger partial charge in [0.1, 0.15) is 0 Å². The summed E-state index contributed by atoms with van der Waals surface area (Å²) in [4.78, 5) is 15.0. The molecule has 0 fully saturated rings. The molecule has 0 aromatic heterocycles. The van der Waals surface area contributed by atoms with Crippen molar-refractivity contribution < 1.29 is 14.6 Å². The summed E-state index contributed by atoms with van der Waals surface area (Å²) >= 11 is 0. The van der Waals surface area contributed by atoms with Crippen molar-refractivity contribution in [3.05, 3.63) is 95.1 Å². The molecule has 4 heteroatoms. The van der Waals surface area contributed by atoms with Crippen LogP contribution < -0.4 is 9.64 Å². The Balaban J connectivity index is 1.58. The number of ether oxygens (including phenoxy) is 1. The Labute approximate surface area is 176 Å². The summed E-state index contributed by atoms with van der Waals surface area (Å²) in [5.41, 5.74) is 2.89. The molecule has 5 rings (SSSR count). The van der Waals surface area contributed by atoms with Crippen LogP contribution in [0.4, 0.5) is 5.69 Å². The topological polar surface area (TPSA) is 49.8 Å². The first-order chi connectivity index (χ1) is 14.3. The molecule has 0 saturated heterocycles. The summed E-state index contributed by atoms with van der Waals surface area (Å²) in [6.07, 6.45) is 3.98. The van der Waals surface area contributed by atoms with Gasteiger partial charge in [-0.2, -0.15) is 0 Å². The standard InChI is InChI=1S/C26H23NO3/c1-25(2)20-11-7-8-12-21(20)27(3)26(25)14-13-18-15-19(16-22(28)24(18)30-26)23(29)17-9-5-4-6-10-17/h4-16,28H,1-3H3. The smallest absolute Gasteiger partial charge is 0.212 e. The third kappa shape index (κ3) is 2.37. The molecular formula is C26H23NO3. The van der Waals surface area contributed by atoms with E-state index in [0.717, 1.165) is 5.69 Å². The lowest BCUT2D eigenvalue weighted by atomic mass is 9.76. The van der Waals surface area contributed by atoms with Gasteiger partial charge in [-0.15, -0.1) is 0 Å². The Hall–Kier alpha value is -3.53. The molecule has 1 atom stereocenters. The van der Waals surface area contributed by atoms with Gasteiger partial charge in [0.2, 0.25) is 5.72 Å². The van der Waals surface area contributed by atoms with Crippen molar-refractivity contribution in [2.75, 3.05) is 11.9 Å². The van der Waals surface area contributed by atoms with E-state index in [-0.39, 0.29) is 16.9 Å². The minimum atomic E-state index is -0.772. The van der Waals surface area contributed by atoms with Gasteiger partial charge < -0.3 is 14.7 Å². The summed E-state index contributed by atoms with van der Waals surface area (Å²) in [6.45, 7) is 4.30. The highest BCUT2D eigenvalue weighted by molar-refractivity contribution is 6.09. The van der Waals surface area contributed by atoms with Gasteiger partial charge in [-0.05, 0) is 49.8 Å². The Morgan fingerprint density at radius 1 is 0.967 bits per heavy atom. The maximum absolute atomic E-state index is 12.9. The lowest BCUT2D eigenvalue weighted by Gasteiger charge is -2.45. The van der Waals surface area contributed by atoms with E-state index >= 15 is 0 Å². The number of carbonyl (C=O) groups is 1. The average molecular weight is 397 g/mol. The number of carbonyl (C=O) groups excluding carboxylic acids is 1. The number of rotatable bonds is 2. The molecule has 2 heterocycles. The van der Waals surface area contributed by atoms with E-state index in [1.807, 2.05) is 49.5 Å². The summed E-state index contributed by atoms with van der Waals surface area (Å²) in [5.74, 6) is 0.235. The van der Waals surface area contributed by atoms with E-state index in [0.29, 0.717) is 22.4 Å². The number of aromatic hydroxyl groups is 1. The van der Waals surface area contributed by atoms with Crippen molar-refractivity contribution in [1.82, 2.24) is 0 Å². The Morgan fingerprint density at radius 2 is 1.67 bits per heavy atom. The van der Waals surface area contributed by atoms with Crippen LogP contribution in [0.15, 0.2) is 72.8 Å². The fourth-order valence-electron chi connectivity index (χ4n) is 4.75. The van der Waals surface area contributed by atoms with Crippen LogP contribution in [0.5, 0.6) is 11.5 Å². The first kappa shape index (κ1) is 18.5. The highest BCUT2D eigenvalue weighted by atomic mass is 16.5. The number of likely N-dealkylation sites (N-methyl/N-ethyl adjacent to an activating group) is 1. The second-order valence-corrected chi connectivity index (χ2v) is 8.44. The van der Waals surface area contributed by atoms with Crippen LogP contribution in [0.1, 0.15) is 40.9 Å². The summed E-state index contributed by atoms with van der Waals surface area (Å²) in [5, 5.41) is 10.8. The second-order valence-electron chi connectivity index (χ2n) is 8.44. The molecule has 150 valence electrons. The highest BCUT2D eigenvalue weighted by Crippen LogP contribution is 2.55. The normalized spacial score (nSPS) is 20.6. The first-order valence-electron chi connectivity index (χ1n) is 10.0. The SMILES string of the molecule is CN1c2ccccc2C(C)(C)C12C=Cc1cc(C(=O)c3ccccc3)cc(O)c1O2. The molecule has 2 aliphatic rings. The highest BCUT2D eigenvalue weighted by Gasteiger charge is 2.57. The zero-order chi connectivity index (χ0) is 21.1. The van der Waals surface area contributed by atoms with E-state index in [9.17, 15) is 9.90 Å². The molecule has 30 heavy (non-hydrogen) atoms. The molecule has 3 aromatic rings. The predicted octanol–water partition coefficient (Wildman–Crippen LogP) is 5.15. The van der Waals surface area contributed by atoms with Crippen LogP contribution in [0.2, 0.25) is 0 Å². The Morgan fingerprint density at radius 3 is 2.40 bits per heavy atom. The number of hydrogen-bond acceptors (Lipinski definition) is 4. The zero-order valence-electron chi connectivity index (χ0n) is 17.2. The summed E-state index contributed by atoms with van der Waals surface area (Å²) < 4.78 is 6.54. The molecule has 2 aliphatic heterocycles. The quantitative estimate of drug-likeness (QED) is 0.608. The van der Waals surface area contributed by atoms with Crippen LogP contribution in [-0.4, -0.2) is 23.7 Å². The molecule has 1 spiro atoms. The minimum Gasteiger partial charge on any atom is -0.504 e. The maximum atomic E-state index is 12.9. The van der Waals surface area contributed by atoms with Crippen molar-refractivity contribution in [3.8, 4) is 11.5 Å². The van der Waals surface area contributed by atoms with E-state index in [1.54, 1.807) is 18.2 Å². The van der Waals surface area contributed by atoms with Crippen LogP contribution >= 0.6 is 0 Å². The predicted molar refractivity (Wildman–Crippen MR) is 118 cm³/mol. The van der Waals surface area contributed by atoms with Gasteiger partial charge in [-0.25, -0.2) is 0 Å².